The summed E-state index contributed by atoms with van der Waals surface area (Å²) in [5.74, 6) is 5.52. The molecule has 0 bridgehead atoms. The summed E-state index contributed by atoms with van der Waals surface area (Å²) in [6, 6.07) is 7.90. The Morgan fingerprint density at radius 1 is 1.42 bits per heavy atom. The zero-order chi connectivity index (χ0) is 8.81. The van der Waals surface area contributed by atoms with Gasteiger partial charge in [-0.1, -0.05) is 24.0 Å². The Balaban J connectivity index is 2.97. The van der Waals surface area contributed by atoms with E-state index in [4.69, 9.17) is 5.11 Å². The molecule has 0 saturated carbocycles. The molecule has 1 nitrogen and oxygen atoms in total. The first kappa shape index (κ1) is 9.18. The maximum atomic E-state index is 8.51. The van der Waals surface area contributed by atoms with Crippen molar-refractivity contribution in [1.82, 2.24) is 0 Å². The fraction of sp³-hybridized carbons (Fsp3) is 0.200. The normalized spacial score (nSPS) is 8.83. The van der Waals surface area contributed by atoms with Crippen LogP contribution in [0.15, 0.2) is 29.2 Å². The van der Waals surface area contributed by atoms with Crippen molar-refractivity contribution in [3.8, 4) is 11.8 Å². The third-order valence-electron chi connectivity index (χ3n) is 1.41. The standard InChI is InChI=1S/C10H10OS/c1-12-10-7-3-2-5-9(10)6-4-8-11/h2-3,5,7,11H,8H2,1H3. The monoisotopic (exact) mass is 178 g/mol. The van der Waals surface area contributed by atoms with E-state index in [1.54, 1.807) is 11.8 Å². The highest BCUT2D eigenvalue weighted by Gasteiger charge is 1.94. The maximum absolute atomic E-state index is 8.51. The quantitative estimate of drug-likeness (QED) is 0.522. The van der Waals surface area contributed by atoms with Crippen LogP contribution >= 0.6 is 11.8 Å². The molecule has 0 aliphatic carbocycles. The van der Waals surface area contributed by atoms with E-state index >= 15 is 0 Å². The number of aliphatic hydroxyl groups excluding tert-OH is 1. The van der Waals surface area contributed by atoms with Gasteiger partial charge in [-0.05, 0) is 18.4 Å². The number of hydrogen-bond donors (Lipinski definition) is 1. The second kappa shape index (κ2) is 4.87. The van der Waals surface area contributed by atoms with Crippen LogP contribution in [-0.2, 0) is 0 Å². The van der Waals surface area contributed by atoms with E-state index in [0.29, 0.717) is 0 Å². The van der Waals surface area contributed by atoms with Crippen molar-refractivity contribution in [1.29, 1.82) is 0 Å². The van der Waals surface area contributed by atoms with Crippen molar-refractivity contribution in [3.05, 3.63) is 29.8 Å². The van der Waals surface area contributed by atoms with Gasteiger partial charge in [-0.15, -0.1) is 11.8 Å². The molecule has 1 aromatic rings. The molecule has 0 radical (unpaired) electrons. The molecule has 2 heteroatoms. The minimum absolute atomic E-state index is 0.0806. The lowest BCUT2D eigenvalue weighted by atomic mass is 10.2. The smallest absolute Gasteiger partial charge is 0.104 e. The Hall–Kier alpha value is -0.910. The molecule has 1 rings (SSSR count). The van der Waals surface area contributed by atoms with Crippen molar-refractivity contribution < 1.29 is 5.11 Å². The Morgan fingerprint density at radius 3 is 2.83 bits per heavy atom. The summed E-state index contributed by atoms with van der Waals surface area (Å²) in [4.78, 5) is 1.15. The molecule has 0 atom stereocenters. The Labute approximate surface area is 76.8 Å². The van der Waals surface area contributed by atoms with Gasteiger partial charge in [0.2, 0.25) is 0 Å². The number of thioether (sulfide) groups is 1. The van der Waals surface area contributed by atoms with Crippen LogP contribution in [0.1, 0.15) is 5.56 Å². The zero-order valence-electron chi connectivity index (χ0n) is 6.87. The molecular weight excluding hydrogens is 168 g/mol. The number of rotatable bonds is 1. The lowest BCUT2D eigenvalue weighted by molar-refractivity contribution is 0.350. The molecule has 0 aliphatic heterocycles. The van der Waals surface area contributed by atoms with Crippen molar-refractivity contribution in [2.24, 2.45) is 0 Å². The fourth-order valence-corrected chi connectivity index (χ4v) is 1.44. The highest BCUT2D eigenvalue weighted by Crippen LogP contribution is 2.18. The van der Waals surface area contributed by atoms with Gasteiger partial charge in [0.25, 0.3) is 0 Å². The van der Waals surface area contributed by atoms with E-state index in [0.717, 1.165) is 10.5 Å². The summed E-state index contributed by atoms with van der Waals surface area (Å²) in [7, 11) is 0. The van der Waals surface area contributed by atoms with Crippen LogP contribution in [0.5, 0.6) is 0 Å². The molecule has 1 aromatic carbocycles. The molecule has 0 saturated heterocycles. The molecule has 0 amide bonds. The van der Waals surface area contributed by atoms with Crippen LogP contribution in [0.2, 0.25) is 0 Å². The lowest BCUT2D eigenvalue weighted by Crippen LogP contribution is -1.80. The zero-order valence-corrected chi connectivity index (χ0v) is 7.69. The van der Waals surface area contributed by atoms with Crippen molar-refractivity contribution in [2.75, 3.05) is 12.9 Å². The first-order valence-corrected chi connectivity index (χ1v) is 4.83. The highest BCUT2D eigenvalue weighted by atomic mass is 32.2. The molecule has 12 heavy (non-hydrogen) atoms. The third-order valence-corrected chi connectivity index (χ3v) is 2.20. The number of hydrogen-bond acceptors (Lipinski definition) is 2. The average molecular weight is 178 g/mol. The summed E-state index contributed by atoms with van der Waals surface area (Å²) < 4.78 is 0. The summed E-state index contributed by atoms with van der Waals surface area (Å²) in [6.07, 6.45) is 2.01. The number of benzene rings is 1. The maximum Gasteiger partial charge on any atom is 0.104 e. The second-order valence-electron chi connectivity index (χ2n) is 2.16. The van der Waals surface area contributed by atoms with E-state index in [2.05, 4.69) is 11.8 Å². The molecule has 1 N–H and O–H groups in total. The molecule has 0 aliphatic rings. The van der Waals surface area contributed by atoms with E-state index < -0.39 is 0 Å². The molecule has 0 heterocycles. The van der Waals surface area contributed by atoms with Gasteiger partial charge in [-0.25, -0.2) is 0 Å². The van der Waals surface area contributed by atoms with Gasteiger partial charge < -0.3 is 5.11 Å². The number of aliphatic hydroxyl groups is 1. The first-order chi connectivity index (χ1) is 5.88. The van der Waals surface area contributed by atoms with Gasteiger partial charge >= 0.3 is 0 Å². The average Bonchev–Trinajstić information content (AvgIpc) is 2.15. The SMILES string of the molecule is CSc1ccccc1C#CCO. The largest absolute Gasteiger partial charge is 0.384 e. The minimum atomic E-state index is -0.0806. The predicted molar refractivity (Wildman–Crippen MR) is 52.2 cm³/mol. The molecule has 0 fully saturated rings. The lowest BCUT2D eigenvalue weighted by Gasteiger charge is -1.97. The van der Waals surface area contributed by atoms with E-state index in [1.807, 2.05) is 30.5 Å². The van der Waals surface area contributed by atoms with Gasteiger partial charge in [0, 0.05) is 10.5 Å². The van der Waals surface area contributed by atoms with Crippen LogP contribution in [0.25, 0.3) is 0 Å². The van der Waals surface area contributed by atoms with Gasteiger partial charge in [-0.3, -0.25) is 0 Å². The first-order valence-electron chi connectivity index (χ1n) is 3.61. The van der Waals surface area contributed by atoms with E-state index in [1.165, 1.54) is 0 Å². The van der Waals surface area contributed by atoms with E-state index in [9.17, 15) is 0 Å². The molecule has 0 aromatic heterocycles. The van der Waals surface area contributed by atoms with Crippen molar-refractivity contribution in [2.45, 2.75) is 4.90 Å². The van der Waals surface area contributed by atoms with Crippen LogP contribution in [0, 0.1) is 11.8 Å². The highest BCUT2D eigenvalue weighted by molar-refractivity contribution is 7.98. The third kappa shape index (κ3) is 2.30. The summed E-state index contributed by atoms with van der Waals surface area (Å²) >= 11 is 1.66. The predicted octanol–water partition coefficient (Wildman–Crippen LogP) is 1.75. The molecule has 62 valence electrons. The van der Waals surface area contributed by atoms with Gasteiger partial charge in [0.15, 0.2) is 0 Å². The topological polar surface area (TPSA) is 20.2 Å². The summed E-state index contributed by atoms with van der Waals surface area (Å²) in [5.41, 5.74) is 0.985. The summed E-state index contributed by atoms with van der Waals surface area (Å²) in [5, 5.41) is 8.51. The molecular formula is C10H10OS. The van der Waals surface area contributed by atoms with Crippen LogP contribution in [0.4, 0.5) is 0 Å². The summed E-state index contributed by atoms with van der Waals surface area (Å²) in [6.45, 7) is -0.0806. The van der Waals surface area contributed by atoms with Crippen LogP contribution in [-0.4, -0.2) is 18.0 Å². The van der Waals surface area contributed by atoms with Crippen LogP contribution < -0.4 is 0 Å². The Morgan fingerprint density at radius 2 is 2.17 bits per heavy atom. The Kier molecular flexibility index (Phi) is 3.72. The second-order valence-corrected chi connectivity index (χ2v) is 3.01. The van der Waals surface area contributed by atoms with Crippen molar-refractivity contribution in [3.63, 3.8) is 0 Å². The van der Waals surface area contributed by atoms with Crippen molar-refractivity contribution >= 4 is 11.8 Å². The Bertz CT molecular complexity index is 309. The van der Waals surface area contributed by atoms with Gasteiger partial charge in [0.05, 0.1) is 0 Å². The van der Waals surface area contributed by atoms with E-state index in [-0.39, 0.29) is 6.61 Å². The van der Waals surface area contributed by atoms with Gasteiger partial charge in [0.1, 0.15) is 6.61 Å². The van der Waals surface area contributed by atoms with Crippen LogP contribution in [0.3, 0.4) is 0 Å². The fourth-order valence-electron chi connectivity index (χ4n) is 0.883. The van der Waals surface area contributed by atoms with Gasteiger partial charge in [-0.2, -0.15) is 0 Å². The molecule has 0 unspecified atom stereocenters. The molecule has 0 spiro atoms. The minimum Gasteiger partial charge on any atom is -0.384 e.